The van der Waals surface area contributed by atoms with Gasteiger partial charge in [0.15, 0.2) is 12.2 Å². The number of hydrogen-bond acceptors (Lipinski definition) is 4. The maximum absolute atomic E-state index is 12.6. The second kappa shape index (κ2) is 6.54. The topological polar surface area (TPSA) is 67.2 Å². The first-order valence-corrected chi connectivity index (χ1v) is 8.10. The number of carbonyl (C=O) groups excluding carboxylic acids is 1. The Morgan fingerprint density at radius 3 is 2.91 bits per heavy atom. The highest BCUT2D eigenvalue weighted by molar-refractivity contribution is 5.95. The van der Waals surface area contributed by atoms with Crippen molar-refractivity contribution < 1.29 is 9.21 Å². The van der Waals surface area contributed by atoms with Gasteiger partial charge in [0.25, 0.3) is 0 Å². The van der Waals surface area contributed by atoms with E-state index in [1.165, 1.54) is 6.39 Å². The van der Waals surface area contributed by atoms with Gasteiger partial charge in [-0.3, -0.25) is 4.79 Å². The summed E-state index contributed by atoms with van der Waals surface area (Å²) in [4.78, 5) is 16.5. The summed E-state index contributed by atoms with van der Waals surface area (Å²) in [5.41, 5.74) is 2.84. The van der Waals surface area contributed by atoms with Crippen LogP contribution in [0, 0.1) is 18.8 Å². The van der Waals surface area contributed by atoms with Crippen LogP contribution in [-0.4, -0.2) is 23.5 Å². The van der Waals surface area contributed by atoms with Crippen molar-refractivity contribution in [2.24, 2.45) is 11.8 Å². The molecule has 1 saturated heterocycles. The van der Waals surface area contributed by atoms with Gasteiger partial charge < -0.3 is 15.1 Å². The van der Waals surface area contributed by atoms with E-state index in [1.54, 1.807) is 6.20 Å². The molecule has 2 N–H and O–H groups in total. The molecule has 2 atom stereocenters. The summed E-state index contributed by atoms with van der Waals surface area (Å²) in [6.45, 7) is 7.26. The van der Waals surface area contributed by atoms with E-state index in [9.17, 15) is 4.79 Å². The lowest BCUT2D eigenvalue weighted by Gasteiger charge is -2.22. The minimum absolute atomic E-state index is 0.0491. The van der Waals surface area contributed by atoms with Crippen molar-refractivity contribution in [2.75, 3.05) is 11.9 Å². The number of aromatic nitrogens is 1. The lowest BCUT2D eigenvalue weighted by atomic mass is 9.88. The molecule has 23 heavy (non-hydrogen) atoms. The average Bonchev–Trinajstić information content (AvgIpc) is 3.19. The molecule has 1 aromatic carbocycles. The zero-order valence-corrected chi connectivity index (χ0v) is 13.8. The minimum Gasteiger partial charge on any atom is -0.444 e. The van der Waals surface area contributed by atoms with Crippen LogP contribution in [0.2, 0.25) is 0 Å². The van der Waals surface area contributed by atoms with Gasteiger partial charge in [0.05, 0.1) is 12.2 Å². The minimum atomic E-state index is -0.107. The third-order valence-electron chi connectivity index (χ3n) is 4.60. The first-order chi connectivity index (χ1) is 11.1. The predicted octanol–water partition coefficient (Wildman–Crippen LogP) is 3.22. The normalized spacial score (nSPS) is 20.9. The number of benzene rings is 1. The van der Waals surface area contributed by atoms with Crippen molar-refractivity contribution in [3.63, 3.8) is 0 Å². The van der Waals surface area contributed by atoms with Crippen molar-refractivity contribution in [1.82, 2.24) is 10.3 Å². The molecule has 2 heterocycles. The Labute approximate surface area is 136 Å². The highest BCUT2D eigenvalue weighted by Crippen LogP contribution is 2.27. The van der Waals surface area contributed by atoms with Gasteiger partial charge in [-0.05, 0) is 55.5 Å². The smallest absolute Gasteiger partial charge is 0.241 e. The monoisotopic (exact) mass is 313 g/mol. The Hall–Kier alpha value is -2.14. The molecule has 1 aromatic heterocycles. The lowest BCUT2D eigenvalue weighted by molar-refractivity contribution is -0.119. The van der Waals surface area contributed by atoms with Crippen LogP contribution in [0.4, 0.5) is 5.69 Å². The van der Waals surface area contributed by atoms with Crippen LogP contribution in [0.15, 0.2) is 35.2 Å². The standard InChI is InChI=1S/C18H23N3O2/c1-11(2)14-6-7-20-17(14)18(22)21-13-4-5-15(12(3)8-13)16-9-19-10-23-16/h4-5,8-11,14,17,20H,6-7H2,1-3H3,(H,21,22). The van der Waals surface area contributed by atoms with Crippen molar-refractivity contribution in [3.05, 3.63) is 36.4 Å². The molecule has 5 nitrogen and oxygen atoms in total. The van der Waals surface area contributed by atoms with Crippen LogP contribution in [-0.2, 0) is 4.79 Å². The first-order valence-electron chi connectivity index (χ1n) is 8.10. The summed E-state index contributed by atoms with van der Waals surface area (Å²) >= 11 is 0. The van der Waals surface area contributed by atoms with Crippen molar-refractivity contribution in [3.8, 4) is 11.3 Å². The maximum Gasteiger partial charge on any atom is 0.241 e. The summed E-state index contributed by atoms with van der Waals surface area (Å²) in [5.74, 6) is 1.67. The summed E-state index contributed by atoms with van der Waals surface area (Å²) in [5, 5.41) is 6.36. The van der Waals surface area contributed by atoms with Gasteiger partial charge in [-0.15, -0.1) is 0 Å². The van der Waals surface area contributed by atoms with Gasteiger partial charge in [-0.2, -0.15) is 0 Å². The molecule has 0 saturated carbocycles. The van der Waals surface area contributed by atoms with Crippen LogP contribution < -0.4 is 10.6 Å². The lowest BCUT2D eigenvalue weighted by Crippen LogP contribution is -2.41. The third kappa shape index (κ3) is 3.29. The first kappa shape index (κ1) is 15.7. The number of oxazole rings is 1. The van der Waals surface area contributed by atoms with Gasteiger partial charge in [0, 0.05) is 11.3 Å². The van der Waals surface area contributed by atoms with Crippen LogP contribution in [0.1, 0.15) is 25.8 Å². The van der Waals surface area contributed by atoms with E-state index in [-0.39, 0.29) is 11.9 Å². The number of nitrogens with one attached hydrogen (secondary N) is 2. The SMILES string of the molecule is Cc1cc(NC(=O)C2NCCC2C(C)C)ccc1-c1cnco1. The number of aryl methyl sites for hydroxylation is 1. The summed E-state index contributed by atoms with van der Waals surface area (Å²) in [6.07, 6.45) is 4.16. The van der Waals surface area contributed by atoms with E-state index in [0.29, 0.717) is 11.8 Å². The van der Waals surface area contributed by atoms with Crippen LogP contribution in [0.25, 0.3) is 11.3 Å². The molecule has 2 unspecified atom stereocenters. The van der Waals surface area contributed by atoms with E-state index in [1.807, 2.05) is 25.1 Å². The number of anilines is 1. The van der Waals surface area contributed by atoms with E-state index < -0.39 is 0 Å². The zero-order chi connectivity index (χ0) is 16.4. The number of rotatable bonds is 4. The van der Waals surface area contributed by atoms with Crippen LogP contribution in [0.5, 0.6) is 0 Å². The quantitative estimate of drug-likeness (QED) is 0.909. The van der Waals surface area contributed by atoms with Crippen molar-refractivity contribution in [1.29, 1.82) is 0 Å². The van der Waals surface area contributed by atoms with E-state index in [4.69, 9.17) is 4.42 Å². The Morgan fingerprint density at radius 1 is 1.43 bits per heavy atom. The largest absolute Gasteiger partial charge is 0.444 e. The summed E-state index contributed by atoms with van der Waals surface area (Å²) in [7, 11) is 0. The molecule has 3 rings (SSSR count). The van der Waals surface area contributed by atoms with Gasteiger partial charge in [-0.1, -0.05) is 13.8 Å². The zero-order valence-electron chi connectivity index (χ0n) is 13.8. The highest BCUT2D eigenvalue weighted by atomic mass is 16.3. The fraction of sp³-hybridized carbons (Fsp3) is 0.444. The summed E-state index contributed by atoms with van der Waals surface area (Å²) < 4.78 is 5.33. The van der Waals surface area contributed by atoms with E-state index >= 15 is 0 Å². The van der Waals surface area contributed by atoms with Crippen LogP contribution in [0.3, 0.4) is 0 Å². The second-order valence-electron chi connectivity index (χ2n) is 6.51. The molecule has 122 valence electrons. The number of carbonyl (C=O) groups is 1. The third-order valence-corrected chi connectivity index (χ3v) is 4.60. The molecule has 2 aromatic rings. The summed E-state index contributed by atoms with van der Waals surface area (Å²) in [6, 6.07) is 5.72. The molecule has 1 amide bonds. The molecule has 0 aliphatic carbocycles. The number of hydrogen-bond donors (Lipinski definition) is 2. The van der Waals surface area contributed by atoms with Gasteiger partial charge in [0.2, 0.25) is 5.91 Å². The Kier molecular flexibility index (Phi) is 4.48. The molecule has 0 spiro atoms. The molecule has 5 heteroatoms. The Balaban J connectivity index is 1.73. The van der Waals surface area contributed by atoms with Gasteiger partial charge >= 0.3 is 0 Å². The van der Waals surface area contributed by atoms with E-state index in [2.05, 4.69) is 29.5 Å². The second-order valence-corrected chi connectivity index (χ2v) is 6.51. The number of amides is 1. The van der Waals surface area contributed by atoms with Crippen LogP contribution >= 0.6 is 0 Å². The highest BCUT2D eigenvalue weighted by Gasteiger charge is 2.34. The maximum atomic E-state index is 12.6. The molecular weight excluding hydrogens is 290 g/mol. The molecular formula is C18H23N3O2. The molecule has 1 aliphatic heterocycles. The predicted molar refractivity (Wildman–Crippen MR) is 90.0 cm³/mol. The fourth-order valence-electron chi connectivity index (χ4n) is 3.32. The number of nitrogens with zero attached hydrogens (tertiary/aromatic N) is 1. The Morgan fingerprint density at radius 2 is 2.26 bits per heavy atom. The molecule has 1 fully saturated rings. The van der Waals surface area contributed by atoms with Crippen molar-refractivity contribution >= 4 is 11.6 Å². The van der Waals surface area contributed by atoms with E-state index in [0.717, 1.165) is 35.5 Å². The molecule has 1 aliphatic rings. The van der Waals surface area contributed by atoms with Crippen molar-refractivity contribution in [2.45, 2.75) is 33.2 Å². The van der Waals surface area contributed by atoms with Gasteiger partial charge in [0.1, 0.15) is 0 Å². The fourth-order valence-corrected chi connectivity index (χ4v) is 3.32. The average molecular weight is 313 g/mol. The van der Waals surface area contributed by atoms with Gasteiger partial charge in [-0.25, -0.2) is 4.98 Å². The molecule has 0 radical (unpaired) electrons. The molecule has 0 bridgehead atoms. The Bertz CT molecular complexity index is 680.